The molecule has 0 spiro atoms. The summed E-state index contributed by atoms with van der Waals surface area (Å²) in [4.78, 5) is 12.6. The second kappa shape index (κ2) is 75.9. The molecular formula is C80H155NO3. The van der Waals surface area contributed by atoms with Crippen molar-refractivity contribution in [3.05, 3.63) is 36.5 Å². The third kappa shape index (κ3) is 71.4. The fraction of sp³-hybridized carbons (Fsp3) is 0.912. The van der Waals surface area contributed by atoms with E-state index in [1.807, 2.05) is 0 Å². The highest BCUT2D eigenvalue weighted by Crippen LogP contribution is 2.20. The van der Waals surface area contributed by atoms with E-state index in [0.29, 0.717) is 12.8 Å². The predicted octanol–water partition coefficient (Wildman–Crippen LogP) is 27.1. The molecule has 0 saturated carbocycles. The minimum absolute atomic E-state index is 0.0208. The van der Waals surface area contributed by atoms with E-state index in [1.54, 1.807) is 0 Å². The smallest absolute Gasteiger partial charge is 0.220 e. The van der Waals surface area contributed by atoms with Crippen molar-refractivity contribution >= 4 is 5.91 Å². The maximum atomic E-state index is 12.6. The fourth-order valence-electron chi connectivity index (χ4n) is 12.7. The molecule has 3 N–H and O–H groups in total. The maximum Gasteiger partial charge on any atom is 0.220 e. The average Bonchev–Trinajstić information content (AvgIpc) is 3.51. The van der Waals surface area contributed by atoms with Gasteiger partial charge >= 0.3 is 0 Å². The molecule has 0 bridgehead atoms. The second-order valence-electron chi connectivity index (χ2n) is 27.1. The summed E-state index contributed by atoms with van der Waals surface area (Å²) in [6, 6.07) is -0.537. The Morgan fingerprint density at radius 1 is 0.286 bits per heavy atom. The molecular weight excluding hydrogens is 1020 g/mol. The number of carbonyl (C=O) groups excluding carboxylic acids is 1. The van der Waals surface area contributed by atoms with Crippen molar-refractivity contribution in [2.75, 3.05) is 6.61 Å². The van der Waals surface area contributed by atoms with Gasteiger partial charge in [0, 0.05) is 6.42 Å². The first-order valence-corrected chi connectivity index (χ1v) is 39.2. The highest BCUT2D eigenvalue weighted by Gasteiger charge is 2.20. The molecule has 0 radical (unpaired) electrons. The van der Waals surface area contributed by atoms with Crippen molar-refractivity contribution in [2.24, 2.45) is 0 Å². The zero-order valence-corrected chi connectivity index (χ0v) is 57.7. The number of hydrogen-bond acceptors (Lipinski definition) is 3. The van der Waals surface area contributed by atoms with E-state index < -0.39 is 12.1 Å². The van der Waals surface area contributed by atoms with Gasteiger partial charge in [0.05, 0.1) is 18.8 Å². The minimum atomic E-state index is -0.660. The number of aliphatic hydroxyl groups is 2. The molecule has 0 heterocycles. The standard InChI is InChI=1S/C80H155NO3/c1-3-5-7-9-11-13-15-17-19-21-23-25-27-29-31-33-35-37-38-39-40-41-42-44-46-48-50-52-54-56-58-60-62-64-66-68-70-72-74-76-80(84)81-78(77-82)79(83)75-73-71-69-67-65-63-61-59-57-55-53-51-49-47-45-43-36-34-32-30-28-26-24-22-20-18-16-14-12-10-8-6-4-2/h15,17,21,23,27,29,78-79,82-83H,3-14,16,18-20,22,24-26,28,30-77H2,1-2H3,(H,81,84)/b17-15-,23-21-,29-27-. The zero-order chi connectivity index (χ0) is 60.5. The lowest BCUT2D eigenvalue weighted by Crippen LogP contribution is -2.45. The van der Waals surface area contributed by atoms with Gasteiger partial charge in [0.25, 0.3) is 0 Å². The third-order valence-electron chi connectivity index (χ3n) is 18.7. The van der Waals surface area contributed by atoms with Crippen LogP contribution in [0.25, 0.3) is 0 Å². The summed E-state index contributed by atoms with van der Waals surface area (Å²) >= 11 is 0. The van der Waals surface area contributed by atoms with E-state index in [9.17, 15) is 15.0 Å². The lowest BCUT2D eigenvalue weighted by Gasteiger charge is -2.22. The number of nitrogens with one attached hydrogen (secondary N) is 1. The lowest BCUT2D eigenvalue weighted by molar-refractivity contribution is -0.123. The monoisotopic (exact) mass is 1180 g/mol. The average molecular weight is 1180 g/mol. The molecule has 0 fully saturated rings. The fourth-order valence-corrected chi connectivity index (χ4v) is 12.7. The van der Waals surface area contributed by atoms with Crippen LogP contribution in [0, 0.1) is 0 Å². The van der Waals surface area contributed by atoms with Crippen molar-refractivity contribution in [3.8, 4) is 0 Å². The molecule has 2 atom stereocenters. The summed E-state index contributed by atoms with van der Waals surface area (Å²) in [7, 11) is 0. The topological polar surface area (TPSA) is 69.6 Å². The van der Waals surface area contributed by atoms with Crippen LogP contribution < -0.4 is 5.32 Å². The van der Waals surface area contributed by atoms with E-state index in [1.165, 1.54) is 385 Å². The van der Waals surface area contributed by atoms with Crippen LogP contribution in [0.3, 0.4) is 0 Å². The normalized spacial score (nSPS) is 12.8. The molecule has 84 heavy (non-hydrogen) atoms. The molecule has 498 valence electrons. The molecule has 2 unspecified atom stereocenters. The van der Waals surface area contributed by atoms with Crippen LogP contribution in [0.2, 0.25) is 0 Å². The van der Waals surface area contributed by atoms with Crippen molar-refractivity contribution < 1.29 is 15.0 Å². The lowest BCUT2D eigenvalue weighted by atomic mass is 10.0. The van der Waals surface area contributed by atoms with Gasteiger partial charge in [-0.05, 0) is 51.4 Å². The summed E-state index contributed by atoms with van der Waals surface area (Å²) in [5.41, 5.74) is 0. The Kier molecular flexibility index (Phi) is 74.6. The van der Waals surface area contributed by atoms with Crippen LogP contribution in [0.5, 0.6) is 0 Å². The summed E-state index contributed by atoms with van der Waals surface area (Å²) in [5, 5.41) is 23.5. The highest BCUT2D eigenvalue weighted by molar-refractivity contribution is 5.76. The Balaban J connectivity index is 3.36. The Hall–Kier alpha value is -1.39. The van der Waals surface area contributed by atoms with Crippen molar-refractivity contribution in [1.82, 2.24) is 5.32 Å². The van der Waals surface area contributed by atoms with Gasteiger partial charge in [0.1, 0.15) is 0 Å². The Labute approximate surface area is 529 Å². The second-order valence-corrected chi connectivity index (χ2v) is 27.1. The van der Waals surface area contributed by atoms with E-state index in [4.69, 9.17) is 0 Å². The molecule has 4 heteroatoms. The molecule has 0 aliphatic heterocycles. The van der Waals surface area contributed by atoms with E-state index >= 15 is 0 Å². The van der Waals surface area contributed by atoms with Gasteiger partial charge in [-0.2, -0.15) is 0 Å². The number of amides is 1. The van der Waals surface area contributed by atoms with Gasteiger partial charge in [-0.15, -0.1) is 0 Å². The summed E-state index contributed by atoms with van der Waals surface area (Å²) in [5.74, 6) is -0.0208. The van der Waals surface area contributed by atoms with E-state index in [2.05, 4.69) is 55.6 Å². The third-order valence-corrected chi connectivity index (χ3v) is 18.7. The number of allylic oxidation sites excluding steroid dienone is 6. The molecule has 0 aromatic carbocycles. The van der Waals surface area contributed by atoms with Crippen LogP contribution in [0.4, 0.5) is 0 Å². The van der Waals surface area contributed by atoms with Crippen LogP contribution in [0.1, 0.15) is 450 Å². The quantitative estimate of drug-likeness (QED) is 0.0420. The van der Waals surface area contributed by atoms with Crippen LogP contribution in [-0.2, 0) is 4.79 Å². The predicted molar refractivity (Wildman–Crippen MR) is 378 cm³/mol. The molecule has 0 aromatic rings. The Morgan fingerprint density at radius 2 is 0.488 bits per heavy atom. The summed E-state index contributed by atoms with van der Waals surface area (Å²) in [6.07, 6.45) is 105. The Bertz CT molecular complexity index is 1290. The highest BCUT2D eigenvalue weighted by atomic mass is 16.3. The van der Waals surface area contributed by atoms with Crippen LogP contribution >= 0.6 is 0 Å². The van der Waals surface area contributed by atoms with Crippen LogP contribution in [-0.4, -0.2) is 34.9 Å². The first-order chi connectivity index (χ1) is 41.7. The van der Waals surface area contributed by atoms with Gasteiger partial charge in [-0.1, -0.05) is 429 Å². The molecule has 0 aliphatic rings. The Morgan fingerprint density at radius 3 is 0.726 bits per heavy atom. The van der Waals surface area contributed by atoms with Crippen LogP contribution in [0.15, 0.2) is 36.5 Å². The van der Waals surface area contributed by atoms with Gasteiger partial charge in [-0.3, -0.25) is 4.79 Å². The molecule has 0 aliphatic carbocycles. The molecule has 0 aromatic heterocycles. The number of unbranched alkanes of at least 4 members (excludes halogenated alkanes) is 61. The minimum Gasteiger partial charge on any atom is -0.394 e. The molecule has 4 nitrogen and oxygen atoms in total. The SMILES string of the molecule is CCCCCCC/C=C\C/C=C\C/C=C\CCCCCCCCCCCCCCCCCCCCCCCCCCC(=O)NC(CO)C(O)CCCCCCCCCCCCCCCCCCCCCCCCCCCCCCCCCCC. The van der Waals surface area contributed by atoms with Gasteiger partial charge in [0.2, 0.25) is 5.91 Å². The number of carbonyl (C=O) groups is 1. The first-order valence-electron chi connectivity index (χ1n) is 39.2. The zero-order valence-electron chi connectivity index (χ0n) is 57.7. The largest absolute Gasteiger partial charge is 0.394 e. The van der Waals surface area contributed by atoms with E-state index in [-0.39, 0.29) is 12.5 Å². The molecule has 0 saturated heterocycles. The molecule has 1 amide bonds. The van der Waals surface area contributed by atoms with E-state index in [0.717, 1.165) is 38.5 Å². The molecule has 0 rings (SSSR count). The van der Waals surface area contributed by atoms with Crippen molar-refractivity contribution in [1.29, 1.82) is 0 Å². The van der Waals surface area contributed by atoms with Gasteiger partial charge in [0.15, 0.2) is 0 Å². The van der Waals surface area contributed by atoms with Crippen molar-refractivity contribution in [2.45, 2.75) is 463 Å². The number of hydrogen-bond donors (Lipinski definition) is 3. The summed E-state index contributed by atoms with van der Waals surface area (Å²) in [6.45, 7) is 4.40. The number of aliphatic hydroxyl groups excluding tert-OH is 2. The number of rotatable bonds is 74. The maximum absolute atomic E-state index is 12.6. The van der Waals surface area contributed by atoms with Gasteiger partial charge < -0.3 is 15.5 Å². The first kappa shape index (κ1) is 82.6. The summed E-state index contributed by atoms with van der Waals surface area (Å²) < 4.78 is 0. The van der Waals surface area contributed by atoms with Gasteiger partial charge in [-0.25, -0.2) is 0 Å². The van der Waals surface area contributed by atoms with Crippen molar-refractivity contribution in [3.63, 3.8) is 0 Å².